The van der Waals surface area contributed by atoms with Gasteiger partial charge in [-0.05, 0) is 38.6 Å². The van der Waals surface area contributed by atoms with Gasteiger partial charge in [0.1, 0.15) is 6.54 Å². The zero-order valence-corrected chi connectivity index (χ0v) is 11.3. The van der Waals surface area contributed by atoms with E-state index >= 15 is 0 Å². The lowest BCUT2D eigenvalue weighted by atomic mass is 9.94. The minimum atomic E-state index is -0.953. The summed E-state index contributed by atoms with van der Waals surface area (Å²) in [4.78, 5) is 24.8. The van der Waals surface area contributed by atoms with Crippen molar-refractivity contribution in [3.05, 3.63) is 0 Å². The molecule has 0 heterocycles. The lowest BCUT2D eigenvalue weighted by Crippen LogP contribution is -2.46. The van der Waals surface area contributed by atoms with Gasteiger partial charge in [-0.1, -0.05) is 13.3 Å². The Balaban J connectivity index is 2.77. The molecule has 1 aliphatic carbocycles. The fourth-order valence-electron chi connectivity index (χ4n) is 2.67. The monoisotopic (exact) mass is 256 g/mol. The predicted octanol–water partition coefficient (Wildman–Crippen LogP) is 1.07. The first-order valence-electron chi connectivity index (χ1n) is 6.73. The van der Waals surface area contributed by atoms with Gasteiger partial charge in [-0.2, -0.15) is 0 Å². The molecule has 0 spiro atoms. The highest BCUT2D eigenvalue weighted by molar-refractivity contribution is 5.83. The molecule has 1 fully saturated rings. The smallest absolute Gasteiger partial charge is 0.323 e. The molecule has 0 aromatic carbocycles. The first kappa shape index (κ1) is 15.0. The van der Waals surface area contributed by atoms with E-state index in [1.165, 1.54) is 4.90 Å². The number of aliphatic carboxylic acids is 1. The van der Waals surface area contributed by atoms with E-state index in [-0.39, 0.29) is 30.3 Å². The highest BCUT2D eigenvalue weighted by Crippen LogP contribution is 2.32. The molecule has 0 aromatic heterocycles. The SMILES string of the molecule is CCC(C)N(CC(=O)O)C(=O)C1CCCC1CN. The predicted molar refractivity (Wildman–Crippen MR) is 69.0 cm³/mol. The summed E-state index contributed by atoms with van der Waals surface area (Å²) < 4.78 is 0. The number of hydrogen-bond donors (Lipinski definition) is 2. The second-order valence-corrected chi connectivity index (χ2v) is 5.15. The van der Waals surface area contributed by atoms with E-state index in [2.05, 4.69) is 0 Å². The number of amides is 1. The Morgan fingerprint density at radius 2 is 2.11 bits per heavy atom. The van der Waals surface area contributed by atoms with Crippen molar-refractivity contribution in [1.29, 1.82) is 0 Å². The fourth-order valence-corrected chi connectivity index (χ4v) is 2.67. The zero-order chi connectivity index (χ0) is 13.7. The van der Waals surface area contributed by atoms with E-state index in [4.69, 9.17) is 10.8 Å². The maximum absolute atomic E-state index is 12.5. The fraction of sp³-hybridized carbons (Fsp3) is 0.846. The van der Waals surface area contributed by atoms with Crippen molar-refractivity contribution in [2.24, 2.45) is 17.6 Å². The van der Waals surface area contributed by atoms with Gasteiger partial charge in [0.15, 0.2) is 0 Å². The van der Waals surface area contributed by atoms with Crippen LogP contribution < -0.4 is 5.73 Å². The molecule has 1 rings (SSSR count). The third kappa shape index (κ3) is 3.45. The van der Waals surface area contributed by atoms with Crippen molar-refractivity contribution >= 4 is 11.9 Å². The van der Waals surface area contributed by atoms with E-state index in [0.717, 1.165) is 25.7 Å². The molecule has 0 aliphatic heterocycles. The summed E-state index contributed by atoms with van der Waals surface area (Å²) in [6.45, 7) is 4.16. The molecule has 0 radical (unpaired) electrons. The van der Waals surface area contributed by atoms with Crippen LogP contribution in [0.15, 0.2) is 0 Å². The first-order chi connectivity index (χ1) is 8.51. The van der Waals surface area contributed by atoms with Gasteiger partial charge in [-0.3, -0.25) is 9.59 Å². The molecule has 3 unspecified atom stereocenters. The number of nitrogens with two attached hydrogens (primary N) is 1. The van der Waals surface area contributed by atoms with E-state index in [9.17, 15) is 9.59 Å². The Bertz CT molecular complexity index is 307. The highest BCUT2D eigenvalue weighted by Gasteiger charge is 2.36. The average Bonchev–Trinajstić information content (AvgIpc) is 2.82. The van der Waals surface area contributed by atoms with Gasteiger partial charge in [0, 0.05) is 12.0 Å². The standard InChI is InChI=1S/C13H24N2O3/c1-3-9(2)15(8-12(16)17)13(18)11-6-4-5-10(11)7-14/h9-11H,3-8,14H2,1-2H3,(H,16,17). The number of carboxylic acid groups (broad SMARTS) is 1. The summed E-state index contributed by atoms with van der Waals surface area (Å²) in [5.41, 5.74) is 5.68. The molecule has 0 saturated heterocycles. The van der Waals surface area contributed by atoms with Crippen LogP contribution in [0.2, 0.25) is 0 Å². The largest absolute Gasteiger partial charge is 0.480 e. The molecular formula is C13H24N2O3. The van der Waals surface area contributed by atoms with Crippen molar-refractivity contribution in [3.63, 3.8) is 0 Å². The van der Waals surface area contributed by atoms with Gasteiger partial charge in [-0.15, -0.1) is 0 Å². The van der Waals surface area contributed by atoms with Crippen molar-refractivity contribution in [3.8, 4) is 0 Å². The molecule has 18 heavy (non-hydrogen) atoms. The summed E-state index contributed by atoms with van der Waals surface area (Å²) in [6.07, 6.45) is 3.60. The van der Waals surface area contributed by atoms with Gasteiger partial charge in [0.25, 0.3) is 0 Å². The third-order valence-corrected chi connectivity index (χ3v) is 3.99. The normalized spacial score (nSPS) is 24.8. The van der Waals surface area contributed by atoms with Gasteiger partial charge in [-0.25, -0.2) is 0 Å². The van der Waals surface area contributed by atoms with E-state index in [1.54, 1.807) is 0 Å². The lowest BCUT2D eigenvalue weighted by molar-refractivity contribution is -0.148. The molecule has 1 saturated carbocycles. The average molecular weight is 256 g/mol. The number of rotatable bonds is 6. The second kappa shape index (κ2) is 6.73. The summed E-state index contributed by atoms with van der Waals surface area (Å²) in [7, 11) is 0. The van der Waals surface area contributed by atoms with Crippen LogP contribution >= 0.6 is 0 Å². The van der Waals surface area contributed by atoms with Gasteiger partial charge >= 0.3 is 5.97 Å². The molecule has 5 heteroatoms. The first-order valence-corrected chi connectivity index (χ1v) is 6.73. The zero-order valence-electron chi connectivity index (χ0n) is 11.3. The number of carboxylic acids is 1. The molecule has 3 N–H and O–H groups in total. The van der Waals surface area contributed by atoms with Crippen LogP contribution in [0.25, 0.3) is 0 Å². The van der Waals surface area contributed by atoms with Gasteiger partial charge < -0.3 is 15.7 Å². The minimum Gasteiger partial charge on any atom is -0.480 e. The Labute approximate surface area is 108 Å². The molecule has 0 bridgehead atoms. The maximum atomic E-state index is 12.5. The van der Waals surface area contributed by atoms with Crippen LogP contribution in [-0.4, -0.2) is 41.0 Å². The number of carbonyl (C=O) groups is 2. The number of carbonyl (C=O) groups excluding carboxylic acids is 1. The minimum absolute atomic E-state index is 0.0281. The molecule has 104 valence electrons. The molecule has 5 nitrogen and oxygen atoms in total. The van der Waals surface area contributed by atoms with Crippen LogP contribution in [0, 0.1) is 11.8 Å². The van der Waals surface area contributed by atoms with Gasteiger partial charge in [0.05, 0.1) is 0 Å². The molecule has 3 atom stereocenters. The van der Waals surface area contributed by atoms with E-state index in [0.29, 0.717) is 6.54 Å². The number of nitrogens with zero attached hydrogens (tertiary/aromatic N) is 1. The topological polar surface area (TPSA) is 83.6 Å². The summed E-state index contributed by atoms with van der Waals surface area (Å²) in [5.74, 6) is -0.841. The van der Waals surface area contributed by atoms with E-state index in [1.807, 2.05) is 13.8 Å². The van der Waals surface area contributed by atoms with Crippen molar-refractivity contribution in [2.45, 2.75) is 45.6 Å². The summed E-state index contributed by atoms with van der Waals surface area (Å²) >= 11 is 0. The van der Waals surface area contributed by atoms with Crippen molar-refractivity contribution < 1.29 is 14.7 Å². The Morgan fingerprint density at radius 3 is 2.61 bits per heavy atom. The van der Waals surface area contributed by atoms with Crippen LogP contribution in [0.4, 0.5) is 0 Å². The highest BCUT2D eigenvalue weighted by atomic mass is 16.4. The van der Waals surface area contributed by atoms with Crippen LogP contribution in [-0.2, 0) is 9.59 Å². The van der Waals surface area contributed by atoms with Crippen molar-refractivity contribution in [1.82, 2.24) is 4.90 Å². The molecule has 1 aliphatic rings. The van der Waals surface area contributed by atoms with Crippen LogP contribution in [0.5, 0.6) is 0 Å². The van der Waals surface area contributed by atoms with Crippen LogP contribution in [0.1, 0.15) is 39.5 Å². The summed E-state index contributed by atoms with van der Waals surface area (Å²) in [6, 6.07) is -0.0346. The second-order valence-electron chi connectivity index (χ2n) is 5.15. The third-order valence-electron chi connectivity index (χ3n) is 3.99. The number of hydrogen-bond acceptors (Lipinski definition) is 3. The quantitative estimate of drug-likeness (QED) is 0.744. The van der Waals surface area contributed by atoms with Gasteiger partial charge in [0.2, 0.25) is 5.91 Å². The van der Waals surface area contributed by atoms with E-state index < -0.39 is 5.97 Å². The Kier molecular flexibility index (Phi) is 5.59. The molecular weight excluding hydrogens is 232 g/mol. The maximum Gasteiger partial charge on any atom is 0.323 e. The Hall–Kier alpha value is -1.10. The molecule has 0 aromatic rings. The molecule has 1 amide bonds. The summed E-state index contributed by atoms with van der Waals surface area (Å²) in [5, 5.41) is 8.92. The lowest BCUT2D eigenvalue weighted by Gasteiger charge is -2.31. The van der Waals surface area contributed by atoms with Crippen molar-refractivity contribution in [2.75, 3.05) is 13.1 Å². The van der Waals surface area contributed by atoms with Crippen LogP contribution in [0.3, 0.4) is 0 Å². The Morgan fingerprint density at radius 1 is 1.44 bits per heavy atom.